The molecule has 15 nitrogen and oxygen atoms in total. The third-order valence-corrected chi connectivity index (χ3v) is 14.7. The van der Waals surface area contributed by atoms with Crippen molar-refractivity contribution in [1.82, 2.24) is 75.4 Å². The van der Waals surface area contributed by atoms with Gasteiger partial charge in [0.05, 0.1) is 62.6 Å². The third-order valence-electron chi connectivity index (χ3n) is 11.7. The Morgan fingerprint density at radius 1 is 0.227 bits per heavy atom. The van der Waals surface area contributed by atoms with E-state index in [1.807, 2.05) is 176 Å². The summed E-state index contributed by atoms with van der Waals surface area (Å²) in [4.78, 5) is 42.9. The van der Waals surface area contributed by atoms with Crippen molar-refractivity contribution >= 4 is 34.0 Å². The maximum absolute atomic E-state index is 5.01. The molecule has 0 N–H and O–H groups in total. The molecule has 0 unspecified atom stereocenters. The summed E-state index contributed by atoms with van der Waals surface area (Å²) in [5.74, 6) is 0. The summed E-state index contributed by atoms with van der Waals surface area (Å²) >= 11 is 4.30. The van der Waals surface area contributed by atoms with Crippen LogP contribution in [0.3, 0.4) is 0 Å². The van der Waals surface area contributed by atoms with Crippen LogP contribution in [0.15, 0.2) is 201 Å². The molecule has 18 heteroatoms. The summed E-state index contributed by atoms with van der Waals surface area (Å²) in [5, 5.41) is 32.1. The second kappa shape index (κ2) is 20.0. The van der Waals surface area contributed by atoms with E-state index in [4.69, 9.17) is 45.2 Å². The smallest absolute Gasteiger partial charge is 0.166 e. The van der Waals surface area contributed by atoms with Crippen LogP contribution in [0.25, 0.3) is 132 Å². The van der Waals surface area contributed by atoms with Crippen molar-refractivity contribution in [2.45, 2.75) is 0 Å². The lowest BCUT2D eigenvalue weighted by atomic mass is 10.1. The number of hydrogen-bond donors (Lipinski definition) is 0. The molecule has 13 aromatic rings. The highest BCUT2D eigenvalue weighted by Gasteiger charge is 2.20. The van der Waals surface area contributed by atoms with Gasteiger partial charge in [0, 0.05) is 47.0 Å². The van der Waals surface area contributed by atoms with E-state index >= 15 is 0 Å². The Hall–Kier alpha value is -9.75. The van der Waals surface area contributed by atoms with E-state index in [0.29, 0.717) is 64.2 Å². The van der Waals surface area contributed by atoms with Crippen molar-refractivity contribution in [2.75, 3.05) is 0 Å². The molecule has 0 saturated carbocycles. The Bertz CT molecular complexity index is 3730. The van der Waals surface area contributed by atoms with Gasteiger partial charge in [-0.3, -0.25) is 15.0 Å². The van der Waals surface area contributed by atoms with Gasteiger partial charge in [-0.05, 0) is 127 Å². The van der Waals surface area contributed by atoms with E-state index in [0.717, 1.165) is 67.8 Å². The van der Waals surface area contributed by atoms with Crippen LogP contribution in [-0.2, 0) is 0 Å². The Morgan fingerprint density at radius 3 is 0.880 bits per heavy atom. The van der Waals surface area contributed by atoms with E-state index in [1.165, 1.54) is 34.0 Å². The minimum Gasteiger partial charge on any atom is -0.264 e. The first-order valence-corrected chi connectivity index (χ1v) is 25.8. The summed E-state index contributed by atoms with van der Waals surface area (Å²) < 4.78 is 0. The topological polar surface area (TPSA) is 193 Å². The Morgan fingerprint density at radius 2 is 0.533 bits per heavy atom. The summed E-state index contributed by atoms with van der Waals surface area (Å²) in [6.07, 6.45) is 7.06. The van der Waals surface area contributed by atoms with Crippen LogP contribution in [0, 0.1) is 0 Å². The zero-order valence-corrected chi connectivity index (χ0v) is 41.4. The summed E-state index contributed by atoms with van der Waals surface area (Å²) in [6, 6.07) is 56.6. The number of aromatic nitrogens is 15. The minimum atomic E-state index is 0.647. The number of nitrogens with zero attached hydrogens (tertiary/aromatic N) is 15. The van der Waals surface area contributed by atoms with Gasteiger partial charge in [-0.25, -0.2) is 29.9 Å². The number of pyridine rings is 9. The molecule has 0 aliphatic rings. The molecule has 12 heterocycles. The monoisotopic (exact) mass is 1020 g/mol. The molecule has 75 heavy (non-hydrogen) atoms. The zero-order chi connectivity index (χ0) is 49.9. The zero-order valence-electron chi connectivity index (χ0n) is 39.0. The predicted molar refractivity (Wildman–Crippen MR) is 292 cm³/mol. The van der Waals surface area contributed by atoms with Gasteiger partial charge in [-0.2, -0.15) is 0 Å². The van der Waals surface area contributed by atoms with Crippen LogP contribution in [0.5, 0.6) is 0 Å². The maximum Gasteiger partial charge on any atom is 0.166 e. The van der Waals surface area contributed by atoms with Crippen LogP contribution in [0.2, 0.25) is 0 Å². The van der Waals surface area contributed by atoms with Gasteiger partial charge in [-0.15, -0.1) is 30.6 Å². The molecular formula is C57H33N15S3. The van der Waals surface area contributed by atoms with E-state index < -0.39 is 0 Å². The lowest BCUT2D eigenvalue weighted by molar-refractivity contribution is 1.08. The molecule has 0 bridgehead atoms. The molecule has 0 atom stereocenters. The molecule has 0 saturated heterocycles. The lowest BCUT2D eigenvalue weighted by Gasteiger charge is -2.06. The lowest BCUT2D eigenvalue weighted by Crippen LogP contribution is -1.92. The fraction of sp³-hybridized carbons (Fsp3) is 0. The first-order chi connectivity index (χ1) is 37.1. The molecule has 354 valence electrons. The molecule has 0 aliphatic carbocycles. The molecule has 0 amide bonds. The molecule has 12 aromatic heterocycles. The average molecular weight is 1020 g/mol. The number of benzene rings is 1. The Labute approximate surface area is 439 Å². The first-order valence-electron chi connectivity index (χ1n) is 23.3. The van der Waals surface area contributed by atoms with Crippen LogP contribution < -0.4 is 0 Å². The highest BCUT2D eigenvalue weighted by molar-refractivity contribution is 7.18. The molecule has 0 aliphatic heterocycles. The van der Waals surface area contributed by atoms with Crippen molar-refractivity contribution in [3.63, 3.8) is 0 Å². The first kappa shape index (κ1) is 45.1. The van der Waals surface area contributed by atoms with E-state index in [1.54, 1.807) is 24.8 Å². The van der Waals surface area contributed by atoms with Crippen molar-refractivity contribution in [2.24, 2.45) is 0 Å². The molecule has 1 aromatic carbocycles. The standard InChI is InChI=1S/C57H33N15S3/c1-3-28-59-39(13-1)41-16-6-19-44(62-41)47-22-9-25-50(65-47)56-71-68-53(74-56)36-30-35(52-67-70-55(73-52)49-24-8-21-46(64-49)43-18-5-15-38(61-43)34-12-11-27-58-33-34)31-37(32-36)54-69-72-57(75-54)51-26-10-23-48(66-51)45-20-7-17-42(63-45)40-14-2-4-29-60-40/h1-33H. The van der Waals surface area contributed by atoms with Crippen LogP contribution in [-0.4, -0.2) is 75.4 Å². The van der Waals surface area contributed by atoms with E-state index in [2.05, 4.69) is 30.2 Å². The molecular weight excluding hydrogens is 991 g/mol. The summed E-state index contributed by atoms with van der Waals surface area (Å²) in [6.45, 7) is 0. The molecule has 13 rings (SSSR count). The molecule has 0 spiro atoms. The van der Waals surface area contributed by atoms with Gasteiger partial charge < -0.3 is 0 Å². The predicted octanol–water partition coefficient (Wildman–Crippen LogP) is 12.8. The van der Waals surface area contributed by atoms with Gasteiger partial charge >= 0.3 is 0 Å². The second-order valence-electron chi connectivity index (χ2n) is 16.7. The number of hydrogen-bond acceptors (Lipinski definition) is 18. The molecule has 0 fully saturated rings. The van der Waals surface area contributed by atoms with E-state index in [9.17, 15) is 0 Å². The fourth-order valence-corrected chi connectivity index (χ4v) is 10.5. The number of rotatable bonds is 12. The third kappa shape index (κ3) is 9.58. The SMILES string of the molecule is c1ccc(-c2cccc(-c3cccc(-c4nnc(-c5cc(-c6nnc(-c7cccc(-c8cccc(-c9cccnc9)n8)n7)s6)cc(-c6nnc(-c7cccc(-c8cccc(-c9ccccn9)n8)n7)s6)c5)s4)n3)n2)nc1. The summed E-state index contributed by atoms with van der Waals surface area (Å²) in [7, 11) is 0. The normalized spacial score (nSPS) is 11.2. The maximum atomic E-state index is 5.01. The van der Waals surface area contributed by atoms with Gasteiger partial charge in [-0.1, -0.05) is 82.5 Å². The van der Waals surface area contributed by atoms with Gasteiger partial charge in [0.25, 0.3) is 0 Å². The Kier molecular flexibility index (Phi) is 12.1. The fourth-order valence-electron chi connectivity index (χ4n) is 8.14. The van der Waals surface area contributed by atoms with E-state index in [-0.39, 0.29) is 0 Å². The van der Waals surface area contributed by atoms with Gasteiger partial charge in [0.1, 0.15) is 32.1 Å². The quantitative estimate of drug-likeness (QED) is 0.112. The second-order valence-corrected chi connectivity index (χ2v) is 19.6. The van der Waals surface area contributed by atoms with Gasteiger partial charge in [0.2, 0.25) is 0 Å². The Balaban J connectivity index is 0.847. The minimum absolute atomic E-state index is 0.647. The van der Waals surface area contributed by atoms with Crippen molar-refractivity contribution < 1.29 is 0 Å². The molecule has 0 radical (unpaired) electrons. The van der Waals surface area contributed by atoms with Crippen molar-refractivity contribution in [3.05, 3.63) is 201 Å². The van der Waals surface area contributed by atoms with Crippen molar-refractivity contribution in [1.29, 1.82) is 0 Å². The van der Waals surface area contributed by atoms with Crippen LogP contribution in [0.1, 0.15) is 0 Å². The highest BCUT2D eigenvalue weighted by Crippen LogP contribution is 2.40. The van der Waals surface area contributed by atoms with Crippen molar-refractivity contribution in [3.8, 4) is 132 Å². The highest BCUT2D eigenvalue weighted by atomic mass is 32.1. The van der Waals surface area contributed by atoms with Crippen LogP contribution >= 0.6 is 34.0 Å². The average Bonchev–Trinajstić information content (AvgIpc) is 4.32. The summed E-state index contributed by atoms with van der Waals surface area (Å²) in [5.41, 5.74) is 13.5. The van der Waals surface area contributed by atoms with Gasteiger partial charge in [0.15, 0.2) is 15.0 Å². The largest absolute Gasteiger partial charge is 0.264 e. The van der Waals surface area contributed by atoms with Crippen LogP contribution in [0.4, 0.5) is 0 Å².